The normalized spacial score (nSPS) is 8.20. The van der Waals surface area contributed by atoms with E-state index in [1.807, 2.05) is 0 Å². The lowest BCUT2D eigenvalue weighted by atomic mass is 10.9. The molecule has 0 aliphatic rings. The van der Waals surface area contributed by atoms with Gasteiger partial charge < -0.3 is 4.74 Å². The summed E-state index contributed by atoms with van der Waals surface area (Å²) in [7, 11) is 1.31. The predicted octanol–water partition coefficient (Wildman–Crippen LogP) is 0.145. The molecule has 0 saturated carbocycles. The summed E-state index contributed by atoms with van der Waals surface area (Å²) >= 11 is 1.15. The van der Waals surface area contributed by atoms with Gasteiger partial charge in [0, 0.05) is 6.26 Å². The van der Waals surface area contributed by atoms with Crippen LogP contribution in [0.4, 0.5) is 4.79 Å². The molecule has 0 fully saturated rings. The lowest BCUT2D eigenvalue weighted by Crippen LogP contribution is -2.36. The molecular weight excluding hydrogens is 154 g/mol. The fourth-order valence-electron chi connectivity index (χ4n) is 0.272. The van der Waals surface area contributed by atoms with Gasteiger partial charge in [-0.15, -0.1) is 0 Å². The van der Waals surface area contributed by atoms with Crippen molar-refractivity contribution in [2.75, 3.05) is 13.4 Å². The van der Waals surface area contributed by atoms with Crippen LogP contribution in [-0.4, -0.2) is 25.4 Å². The third-order valence-electron chi connectivity index (χ3n) is 0.626. The van der Waals surface area contributed by atoms with Crippen molar-refractivity contribution in [2.24, 2.45) is 0 Å². The van der Waals surface area contributed by atoms with E-state index in [0.29, 0.717) is 0 Å². The summed E-state index contributed by atoms with van der Waals surface area (Å²) in [4.78, 5) is 10.5. The van der Waals surface area contributed by atoms with E-state index in [1.54, 1.807) is 6.26 Å². The molecule has 6 heteroatoms. The fraction of sp³-hybridized carbons (Fsp3) is 0.500. The fourth-order valence-corrected chi connectivity index (χ4v) is 0.509. The number of hydrogen-bond acceptors (Lipinski definition) is 4. The van der Waals surface area contributed by atoms with Crippen LogP contribution in [0.25, 0.3) is 0 Å². The second kappa shape index (κ2) is 4.92. The molecule has 0 unspecified atom stereocenters. The third kappa shape index (κ3) is 4.02. The van der Waals surface area contributed by atoms with Crippen molar-refractivity contribution in [3.63, 3.8) is 0 Å². The van der Waals surface area contributed by atoms with E-state index in [4.69, 9.17) is 5.41 Å². The molecule has 2 amide bonds. The van der Waals surface area contributed by atoms with Gasteiger partial charge in [-0.3, -0.25) is 15.4 Å². The highest BCUT2D eigenvalue weighted by Crippen LogP contribution is 1.80. The zero-order chi connectivity index (χ0) is 7.98. The maximum absolute atomic E-state index is 10.5. The minimum absolute atomic E-state index is 0.272. The van der Waals surface area contributed by atoms with Gasteiger partial charge >= 0.3 is 6.03 Å². The number of nitrogens with one attached hydrogen (secondary N) is 3. The number of hydrogen-bond donors (Lipinski definition) is 3. The van der Waals surface area contributed by atoms with Crippen LogP contribution in [0.5, 0.6) is 0 Å². The summed E-state index contributed by atoms with van der Waals surface area (Å²) in [5.41, 5.74) is 0. The molecule has 0 aromatic carbocycles. The number of carbonyl (C=O) groups excluding carboxylic acids is 1. The highest BCUT2D eigenvalue weighted by Gasteiger charge is 2.00. The van der Waals surface area contributed by atoms with Crippen LogP contribution in [0.1, 0.15) is 0 Å². The summed E-state index contributed by atoms with van der Waals surface area (Å²) in [5, 5.41) is 8.96. The maximum atomic E-state index is 10.5. The van der Waals surface area contributed by atoms with Gasteiger partial charge in [0.1, 0.15) is 0 Å². The second-order valence-electron chi connectivity index (χ2n) is 1.29. The number of amides is 2. The Labute approximate surface area is 63.2 Å². The Kier molecular flexibility index (Phi) is 4.47. The minimum atomic E-state index is -0.459. The predicted molar refractivity (Wildman–Crippen MR) is 39.9 cm³/mol. The molecule has 0 aromatic rings. The van der Waals surface area contributed by atoms with E-state index in [1.165, 1.54) is 7.11 Å². The number of ether oxygens (including phenoxy) is 1. The van der Waals surface area contributed by atoms with Crippen molar-refractivity contribution in [2.45, 2.75) is 0 Å². The molecule has 0 radical (unpaired) electrons. The van der Waals surface area contributed by atoms with Gasteiger partial charge in [-0.1, -0.05) is 11.9 Å². The molecule has 0 aliphatic heterocycles. The van der Waals surface area contributed by atoms with Crippen LogP contribution < -0.4 is 10.0 Å². The molecule has 0 aromatic heterocycles. The summed E-state index contributed by atoms with van der Waals surface area (Å²) in [6, 6.07) is -0.731. The molecule has 0 bridgehead atoms. The lowest BCUT2D eigenvalue weighted by molar-refractivity contribution is 0.247. The van der Waals surface area contributed by atoms with Gasteiger partial charge in [0.05, 0.1) is 7.11 Å². The molecule has 3 N–H and O–H groups in total. The van der Waals surface area contributed by atoms with E-state index >= 15 is 0 Å². The number of amidine groups is 1. The molecule has 0 rings (SSSR count). The standard InChI is InChI=1S/C4H9N3O2S/c1-9-3(5)6-4(8)7-10-2/h1-2H3,(H3,5,6,7,8). The van der Waals surface area contributed by atoms with E-state index < -0.39 is 6.03 Å². The Balaban J connectivity index is 3.47. The van der Waals surface area contributed by atoms with Crippen molar-refractivity contribution >= 4 is 24.0 Å². The summed E-state index contributed by atoms with van der Waals surface area (Å²) in [5.74, 6) is 0. The molecule has 0 spiro atoms. The first-order valence-corrected chi connectivity index (χ1v) is 3.65. The summed E-state index contributed by atoms with van der Waals surface area (Å²) in [6.45, 7) is 0. The van der Waals surface area contributed by atoms with Crippen molar-refractivity contribution in [3.05, 3.63) is 0 Å². The Bertz CT molecular complexity index is 138. The van der Waals surface area contributed by atoms with Gasteiger partial charge in [0.25, 0.3) is 6.02 Å². The van der Waals surface area contributed by atoms with Crippen LogP contribution in [0.15, 0.2) is 0 Å². The van der Waals surface area contributed by atoms with Gasteiger partial charge in [0.15, 0.2) is 0 Å². The molecule has 0 atom stereocenters. The van der Waals surface area contributed by atoms with E-state index in [2.05, 4.69) is 14.8 Å². The molecule has 0 aliphatic carbocycles. The third-order valence-corrected chi connectivity index (χ3v) is 1.02. The summed E-state index contributed by atoms with van der Waals surface area (Å²) < 4.78 is 6.73. The molecule has 0 saturated heterocycles. The maximum Gasteiger partial charge on any atom is 0.332 e. The first kappa shape index (κ1) is 9.09. The second-order valence-corrected chi connectivity index (χ2v) is 1.91. The van der Waals surface area contributed by atoms with Crippen LogP contribution >= 0.6 is 11.9 Å². The first-order valence-electron chi connectivity index (χ1n) is 2.43. The van der Waals surface area contributed by atoms with Crippen molar-refractivity contribution in [1.82, 2.24) is 10.0 Å². The van der Waals surface area contributed by atoms with E-state index in [-0.39, 0.29) is 6.02 Å². The number of carbonyl (C=O) groups is 1. The van der Waals surface area contributed by atoms with Crippen molar-refractivity contribution in [1.29, 1.82) is 5.41 Å². The summed E-state index contributed by atoms with van der Waals surface area (Å²) in [6.07, 6.45) is 1.70. The van der Waals surface area contributed by atoms with Crippen LogP contribution in [-0.2, 0) is 4.74 Å². The van der Waals surface area contributed by atoms with Gasteiger partial charge in [-0.2, -0.15) is 0 Å². The zero-order valence-electron chi connectivity index (χ0n) is 5.72. The average Bonchev–Trinajstić information content (AvgIpc) is 1.88. The molecule has 0 heterocycles. The Morgan fingerprint density at radius 1 is 1.70 bits per heavy atom. The largest absolute Gasteiger partial charge is 0.468 e. The Morgan fingerprint density at radius 2 is 2.30 bits per heavy atom. The van der Waals surface area contributed by atoms with Crippen LogP contribution in [0.2, 0.25) is 0 Å². The SMILES string of the molecule is COC(=N)NC(=O)NSC. The van der Waals surface area contributed by atoms with Gasteiger partial charge in [-0.25, -0.2) is 4.79 Å². The Morgan fingerprint density at radius 3 is 2.70 bits per heavy atom. The molecule has 5 nitrogen and oxygen atoms in total. The number of urea groups is 1. The monoisotopic (exact) mass is 163 g/mol. The van der Waals surface area contributed by atoms with Crippen LogP contribution in [0, 0.1) is 5.41 Å². The van der Waals surface area contributed by atoms with Crippen LogP contribution in [0.3, 0.4) is 0 Å². The quantitative estimate of drug-likeness (QED) is 0.292. The average molecular weight is 163 g/mol. The number of rotatable bonds is 1. The van der Waals surface area contributed by atoms with E-state index in [9.17, 15) is 4.79 Å². The van der Waals surface area contributed by atoms with E-state index in [0.717, 1.165) is 11.9 Å². The topological polar surface area (TPSA) is 74.2 Å². The molecule has 10 heavy (non-hydrogen) atoms. The highest BCUT2D eigenvalue weighted by atomic mass is 32.2. The minimum Gasteiger partial charge on any atom is -0.468 e. The Hall–Kier alpha value is -0.910. The molecular formula is C4H9N3O2S. The lowest BCUT2D eigenvalue weighted by Gasteiger charge is -2.03. The zero-order valence-corrected chi connectivity index (χ0v) is 6.54. The number of methoxy groups -OCH3 is 1. The van der Waals surface area contributed by atoms with Gasteiger partial charge in [0.2, 0.25) is 0 Å². The smallest absolute Gasteiger partial charge is 0.332 e. The molecule has 58 valence electrons. The first-order chi connectivity index (χ1) is 4.70. The van der Waals surface area contributed by atoms with Gasteiger partial charge in [-0.05, 0) is 0 Å². The van der Waals surface area contributed by atoms with Crippen molar-refractivity contribution < 1.29 is 9.53 Å². The van der Waals surface area contributed by atoms with Crippen molar-refractivity contribution in [3.8, 4) is 0 Å². The highest BCUT2D eigenvalue weighted by molar-refractivity contribution is 7.97.